The van der Waals surface area contributed by atoms with Crippen molar-refractivity contribution in [2.24, 2.45) is 0 Å². The number of hydrogen-bond donors (Lipinski definition) is 0. The standard InChI is InChI=1S/C22H22Cl2FN3O/c1-27-9-2-3-16(8-10-27)28-22(29)18-13-20(24)19(23)12-17(18)21(26-28)11-14-4-6-15(25)7-5-14/h4-7,12-13,16H,2-3,8-11H2,1H3. The number of halogens is 3. The van der Waals surface area contributed by atoms with Gasteiger partial charge in [-0.25, -0.2) is 9.07 Å². The third kappa shape index (κ3) is 4.32. The average molecular weight is 434 g/mol. The predicted octanol–water partition coefficient (Wildman–Crippen LogP) is 5.09. The fraction of sp³-hybridized carbons (Fsp3) is 0.364. The van der Waals surface area contributed by atoms with Crippen LogP contribution in [-0.2, 0) is 6.42 Å². The van der Waals surface area contributed by atoms with Crippen LogP contribution in [0.2, 0.25) is 10.0 Å². The zero-order valence-electron chi connectivity index (χ0n) is 16.2. The number of rotatable bonds is 3. The summed E-state index contributed by atoms with van der Waals surface area (Å²) in [7, 11) is 2.10. The molecule has 0 aliphatic carbocycles. The Morgan fingerprint density at radius 1 is 1.07 bits per heavy atom. The molecule has 1 saturated heterocycles. The highest BCUT2D eigenvalue weighted by Gasteiger charge is 2.22. The van der Waals surface area contributed by atoms with Crippen LogP contribution in [0.4, 0.5) is 4.39 Å². The van der Waals surface area contributed by atoms with Crippen LogP contribution in [0, 0.1) is 5.82 Å². The number of fused-ring (bicyclic) bond motifs is 1. The highest BCUT2D eigenvalue weighted by atomic mass is 35.5. The molecule has 0 N–H and O–H groups in total. The molecule has 0 saturated carbocycles. The number of benzene rings is 2. The van der Waals surface area contributed by atoms with Crippen LogP contribution in [-0.4, -0.2) is 34.8 Å². The molecule has 29 heavy (non-hydrogen) atoms. The monoisotopic (exact) mass is 433 g/mol. The Bertz CT molecular complexity index is 1100. The Balaban J connectivity index is 1.85. The lowest BCUT2D eigenvalue weighted by Crippen LogP contribution is -2.29. The number of aromatic nitrogens is 2. The maximum Gasteiger partial charge on any atom is 0.274 e. The molecule has 1 aliphatic rings. The van der Waals surface area contributed by atoms with Gasteiger partial charge < -0.3 is 4.90 Å². The smallest absolute Gasteiger partial charge is 0.274 e. The van der Waals surface area contributed by atoms with Crippen molar-refractivity contribution in [2.45, 2.75) is 31.7 Å². The van der Waals surface area contributed by atoms with E-state index in [1.807, 2.05) is 0 Å². The third-order valence-electron chi connectivity index (χ3n) is 5.59. The van der Waals surface area contributed by atoms with Crippen LogP contribution in [0.25, 0.3) is 10.8 Å². The Kier molecular flexibility index (Phi) is 5.91. The van der Waals surface area contributed by atoms with E-state index in [2.05, 4.69) is 11.9 Å². The van der Waals surface area contributed by atoms with Crippen molar-refractivity contribution < 1.29 is 4.39 Å². The molecule has 1 aromatic heterocycles. The van der Waals surface area contributed by atoms with E-state index >= 15 is 0 Å². The molecular weight excluding hydrogens is 412 g/mol. The molecule has 0 radical (unpaired) electrons. The molecule has 1 fully saturated rings. The molecule has 2 heterocycles. The Morgan fingerprint density at radius 3 is 2.48 bits per heavy atom. The SMILES string of the molecule is CN1CCCC(n2nc(Cc3ccc(F)cc3)c3cc(Cl)c(Cl)cc3c2=O)CC1. The normalized spacial score (nSPS) is 18.1. The van der Waals surface area contributed by atoms with Crippen molar-refractivity contribution in [1.29, 1.82) is 0 Å². The van der Waals surface area contributed by atoms with Crippen LogP contribution < -0.4 is 5.56 Å². The van der Waals surface area contributed by atoms with E-state index in [4.69, 9.17) is 28.3 Å². The highest BCUT2D eigenvalue weighted by molar-refractivity contribution is 6.42. The lowest BCUT2D eigenvalue weighted by atomic mass is 10.0. The first kappa shape index (κ1) is 20.3. The minimum absolute atomic E-state index is 0.0401. The largest absolute Gasteiger partial charge is 0.306 e. The fourth-order valence-corrected chi connectivity index (χ4v) is 4.28. The molecule has 0 bridgehead atoms. The first-order valence-electron chi connectivity index (χ1n) is 9.76. The van der Waals surface area contributed by atoms with Gasteiger partial charge in [0.25, 0.3) is 5.56 Å². The summed E-state index contributed by atoms with van der Waals surface area (Å²) in [5.41, 5.74) is 1.51. The molecule has 1 atom stereocenters. The topological polar surface area (TPSA) is 38.1 Å². The summed E-state index contributed by atoms with van der Waals surface area (Å²) in [4.78, 5) is 15.5. The molecule has 4 rings (SSSR count). The second-order valence-corrected chi connectivity index (χ2v) is 8.51. The molecule has 152 valence electrons. The predicted molar refractivity (Wildman–Crippen MR) is 116 cm³/mol. The van der Waals surface area contributed by atoms with Gasteiger partial charge in [0.2, 0.25) is 0 Å². The van der Waals surface area contributed by atoms with E-state index in [1.54, 1.807) is 28.9 Å². The van der Waals surface area contributed by atoms with Gasteiger partial charge in [0, 0.05) is 11.8 Å². The zero-order valence-corrected chi connectivity index (χ0v) is 17.7. The van der Waals surface area contributed by atoms with Crippen LogP contribution in [0.1, 0.15) is 36.6 Å². The van der Waals surface area contributed by atoms with Gasteiger partial charge in [0.05, 0.1) is 27.2 Å². The van der Waals surface area contributed by atoms with Crippen LogP contribution in [0.5, 0.6) is 0 Å². The summed E-state index contributed by atoms with van der Waals surface area (Å²) in [6.07, 6.45) is 3.26. The Hall–Kier alpha value is -1.95. The van der Waals surface area contributed by atoms with E-state index in [1.165, 1.54) is 12.1 Å². The highest BCUT2D eigenvalue weighted by Crippen LogP contribution is 2.29. The third-order valence-corrected chi connectivity index (χ3v) is 6.31. The van der Waals surface area contributed by atoms with Gasteiger partial charge in [-0.05, 0) is 69.2 Å². The summed E-state index contributed by atoms with van der Waals surface area (Å²) < 4.78 is 14.9. The van der Waals surface area contributed by atoms with Gasteiger partial charge >= 0.3 is 0 Å². The molecule has 2 aromatic carbocycles. The quantitative estimate of drug-likeness (QED) is 0.577. The molecule has 0 spiro atoms. The first-order valence-corrected chi connectivity index (χ1v) is 10.5. The first-order chi connectivity index (χ1) is 13.9. The maximum absolute atomic E-state index is 13.3. The van der Waals surface area contributed by atoms with Gasteiger partial charge in [0.1, 0.15) is 5.82 Å². The minimum Gasteiger partial charge on any atom is -0.306 e. The van der Waals surface area contributed by atoms with Crippen LogP contribution in [0.15, 0.2) is 41.2 Å². The van der Waals surface area contributed by atoms with Crippen molar-refractivity contribution in [1.82, 2.24) is 14.7 Å². The molecule has 7 heteroatoms. The lowest BCUT2D eigenvalue weighted by Gasteiger charge is -2.19. The average Bonchev–Trinajstić information content (AvgIpc) is 2.92. The molecule has 1 unspecified atom stereocenters. The molecular formula is C22H22Cl2FN3O. The summed E-state index contributed by atoms with van der Waals surface area (Å²) in [6.45, 7) is 1.94. The van der Waals surface area contributed by atoms with Crippen molar-refractivity contribution in [3.8, 4) is 0 Å². The number of nitrogens with zero attached hydrogens (tertiary/aromatic N) is 3. The van der Waals surface area contributed by atoms with Crippen LogP contribution >= 0.6 is 23.2 Å². The van der Waals surface area contributed by atoms with Crippen LogP contribution in [0.3, 0.4) is 0 Å². The zero-order chi connectivity index (χ0) is 20.5. The van der Waals surface area contributed by atoms with Crippen molar-refractivity contribution in [3.05, 3.63) is 73.9 Å². The van der Waals surface area contributed by atoms with E-state index in [0.29, 0.717) is 27.2 Å². The minimum atomic E-state index is -0.283. The summed E-state index contributed by atoms with van der Waals surface area (Å²) >= 11 is 12.5. The summed E-state index contributed by atoms with van der Waals surface area (Å²) in [6, 6.07) is 9.71. The van der Waals surface area contributed by atoms with Gasteiger partial charge in [-0.15, -0.1) is 0 Å². The molecule has 3 aromatic rings. The van der Waals surface area contributed by atoms with E-state index in [0.717, 1.165) is 43.6 Å². The molecule has 0 amide bonds. The Labute approximate surface area is 178 Å². The van der Waals surface area contributed by atoms with E-state index in [9.17, 15) is 9.18 Å². The van der Waals surface area contributed by atoms with Gasteiger partial charge in [-0.3, -0.25) is 4.79 Å². The van der Waals surface area contributed by atoms with Gasteiger partial charge in [-0.1, -0.05) is 35.3 Å². The van der Waals surface area contributed by atoms with E-state index < -0.39 is 0 Å². The van der Waals surface area contributed by atoms with Crippen molar-refractivity contribution in [2.75, 3.05) is 20.1 Å². The number of likely N-dealkylation sites (tertiary alicyclic amines) is 1. The van der Waals surface area contributed by atoms with E-state index in [-0.39, 0.29) is 17.4 Å². The van der Waals surface area contributed by atoms with Gasteiger partial charge in [-0.2, -0.15) is 5.10 Å². The molecule has 1 aliphatic heterocycles. The second-order valence-electron chi connectivity index (χ2n) is 7.70. The number of hydrogen-bond acceptors (Lipinski definition) is 3. The van der Waals surface area contributed by atoms with Crippen molar-refractivity contribution in [3.63, 3.8) is 0 Å². The Morgan fingerprint density at radius 2 is 1.76 bits per heavy atom. The van der Waals surface area contributed by atoms with Crippen molar-refractivity contribution >= 4 is 34.0 Å². The second kappa shape index (κ2) is 8.42. The fourth-order valence-electron chi connectivity index (χ4n) is 3.96. The summed E-state index contributed by atoms with van der Waals surface area (Å²) in [5.74, 6) is -0.283. The molecule has 4 nitrogen and oxygen atoms in total. The van der Waals surface area contributed by atoms with Gasteiger partial charge in [0.15, 0.2) is 0 Å². The lowest BCUT2D eigenvalue weighted by molar-refractivity contribution is 0.334. The maximum atomic E-state index is 13.3. The summed E-state index contributed by atoms with van der Waals surface area (Å²) in [5, 5.41) is 6.71.